The van der Waals surface area contributed by atoms with E-state index in [-0.39, 0.29) is 23.7 Å². The molecule has 6 nitrogen and oxygen atoms in total. The first-order valence-electron chi connectivity index (χ1n) is 9.62. The fraction of sp³-hybridized carbons (Fsp3) is 0.500. The molecule has 1 saturated heterocycles. The van der Waals surface area contributed by atoms with E-state index in [0.29, 0.717) is 18.1 Å². The number of nitrogens with one attached hydrogen (secondary N) is 1. The van der Waals surface area contributed by atoms with Crippen molar-refractivity contribution >= 4 is 34.0 Å². The topological polar surface area (TPSA) is 75.2 Å². The van der Waals surface area contributed by atoms with E-state index in [2.05, 4.69) is 15.5 Å². The van der Waals surface area contributed by atoms with Gasteiger partial charge in [0.25, 0.3) is 0 Å². The average molecular weight is 385 g/mol. The third-order valence-corrected chi connectivity index (χ3v) is 6.53. The number of carbonyl (C=O) groups is 2. The van der Waals surface area contributed by atoms with E-state index in [1.165, 1.54) is 17.8 Å². The molecule has 2 fully saturated rings. The van der Waals surface area contributed by atoms with E-state index in [4.69, 9.17) is 0 Å². The van der Waals surface area contributed by atoms with E-state index in [1.807, 2.05) is 36.1 Å². The highest BCUT2D eigenvalue weighted by atomic mass is 32.1. The number of hydrogen-bond acceptors (Lipinski definition) is 5. The summed E-state index contributed by atoms with van der Waals surface area (Å²) in [7, 11) is 0. The van der Waals surface area contributed by atoms with Crippen LogP contribution in [0.5, 0.6) is 0 Å². The van der Waals surface area contributed by atoms with Gasteiger partial charge in [-0.15, -0.1) is 10.2 Å². The van der Waals surface area contributed by atoms with Gasteiger partial charge in [-0.1, -0.05) is 48.8 Å². The number of benzene rings is 1. The van der Waals surface area contributed by atoms with E-state index in [0.717, 1.165) is 41.9 Å². The molecule has 2 amide bonds. The summed E-state index contributed by atoms with van der Waals surface area (Å²) in [5.74, 6) is 0.282. The summed E-state index contributed by atoms with van der Waals surface area (Å²) >= 11 is 1.39. The van der Waals surface area contributed by atoms with Crippen LogP contribution in [0, 0.1) is 12.8 Å². The molecule has 2 aromatic rings. The Balaban J connectivity index is 1.42. The molecule has 1 saturated carbocycles. The lowest BCUT2D eigenvalue weighted by molar-refractivity contribution is -0.120. The summed E-state index contributed by atoms with van der Waals surface area (Å²) in [5.41, 5.74) is 2.05. The van der Waals surface area contributed by atoms with Crippen LogP contribution in [-0.4, -0.2) is 28.6 Å². The highest BCUT2D eigenvalue weighted by Crippen LogP contribution is 2.35. The molecule has 1 atom stereocenters. The number of rotatable bonds is 4. The van der Waals surface area contributed by atoms with Gasteiger partial charge in [-0.05, 0) is 31.4 Å². The second kappa shape index (κ2) is 7.76. The minimum atomic E-state index is 0.0231. The van der Waals surface area contributed by atoms with Crippen LogP contribution in [0.1, 0.15) is 55.0 Å². The monoisotopic (exact) mass is 384 g/mol. The van der Waals surface area contributed by atoms with Crippen molar-refractivity contribution in [3.63, 3.8) is 0 Å². The average Bonchev–Trinajstić information content (AvgIpc) is 3.29. The molecule has 27 heavy (non-hydrogen) atoms. The first-order valence-corrected chi connectivity index (χ1v) is 10.4. The molecule has 0 bridgehead atoms. The smallest absolute Gasteiger partial charge is 0.229 e. The minimum Gasteiger partial charge on any atom is -0.311 e. The Hall–Kier alpha value is -2.28. The van der Waals surface area contributed by atoms with Gasteiger partial charge in [0, 0.05) is 30.5 Å². The molecule has 0 spiro atoms. The van der Waals surface area contributed by atoms with Crippen molar-refractivity contribution in [2.75, 3.05) is 16.8 Å². The summed E-state index contributed by atoms with van der Waals surface area (Å²) in [4.78, 5) is 26.7. The molecule has 7 heteroatoms. The molecule has 1 aromatic heterocycles. The number of carbonyl (C=O) groups excluding carboxylic acids is 2. The normalized spacial score (nSPS) is 20.9. The molecular weight excluding hydrogens is 360 g/mol. The van der Waals surface area contributed by atoms with Gasteiger partial charge in [0.15, 0.2) is 0 Å². The van der Waals surface area contributed by atoms with Gasteiger partial charge in [0.1, 0.15) is 5.01 Å². The summed E-state index contributed by atoms with van der Waals surface area (Å²) in [6, 6.07) is 7.92. The molecular formula is C20H24N4O2S. The van der Waals surface area contributed by atoms with Crippen LogP contribution in [-0.2, 0) is 9.59 Å². The van der Waals surface area contributed by atoms with Crippen molar-refractivity contribution in [1.82, 2.24) is 10.2 Å². The number of hydrogen-bond donors (Lipinski definition) is 1. The van der Waals surface area contributed by atoms with Gasteiger partial charge < -0.3 is 10.2 Å². The highest BCUT2D eigenvalue weighted by Gasteiger charge is 2.34. The molecule has 1 N–H and O–H groups in total. The zero-order chi connectivity index (χ0) is 18.8. The Morgan fingerprint density at radius 3 is 2.74 bits per heavy atom. The zero-order valence-corrected chi connectivity index (χ0v) is 16.3. The lowest BCUT2D eigenvalue weighted by Gasteiger charge is -2.19. The van der Waals surface area contributed by atoms with Crippen molar-refractivity contribution in [3.05, 3.63) is 34.8 Å². The lowest BCUT2D eigenvalue weighted by Crippen LogP contribution is -2.25. The van der Waals surface area contributed by atoms with E-state index in [1.54, 1.807) is 0 Å². The predicted octanol–water partition coefficient (Wildman–Crippen LogP) is 3.89. The number of para-hydroxylation sites is 1. The van der Waals surface area contributed by atoms with Crippen LogP contribution in [0.25, 0.3) is 0 Å². The van der Waals surface area contributed by atoms with E-state index >= 15 is 0 Å². The first-order chi connectivity index (χ1) is 13.1. The summed E-state index contributed by atoms with van der Waals surface area (Å²) in [5, 5.41) is 12.7. The van der Waals surface area contributed by atoms with Crippen molar-refractivity contribution in [3.8, 4) is 0 Å². The second-order valence-electron chi connectivity index (χ2n) is 7.46. The maximum atomic E-state index is 12.5. The maximum Gasteiger partial charge on any atom is 0.229 e. The molecule has 1 aliphatic carbocycles. The number of aromatic nitrogens is 2. The van der Waals surface area contributed by atoms with Crippen molar-refractivity contribution in [2.24, 2.45) is 5.92 Å². The highest BCUT2D eigenvalue weighted by molar-refractivity contribution is 7.15. The molecule has 1 aromatic carbocycles. The van der Waals surface area contributed by atoms with Crippen molar-refractivity contribution in [2.45, 2.75) is 51.4 Å². The molecule has 2 aliphatic rings. The third-order valence-electron chi connectivity index (χ3n) is 5.53. The number of nitrogens with zero attached hydrogens (tertiary/aromatic N) is 3. The van der Waals surface area contributed by atoms with Gasteiger partial charge in [-0.3, -0.25) is 9.59 Å². The second-order valence-corrected chi connectivity index (χ2v) is 8.47. The standard InChI is InChI=1S/C20H24N4O2S/c1-13-7-5-6-10-16(13)24-12-15(11-17(24)25)19-22-23-20(27-19)21-18(26)14-8-3-2-4-9-14/h5-7,10,14-15H,2-4,8-9,11-12H2,1H3,(H,21,23,26)/t15-/m1/s1. The first kappa shape index (κ1) is 18.1. The lowest BCUT2D eigenvalue weighted by atomic mass is 9.89. The number of anilines is 2. The fourth-order valence-corrected chi connectivity index (χ4v) is 4.83. The van der Waals surface area contributed by atoms with Crippen LogP contribution in [0.3, 0.4) is 0 Å². The molecule has 1 aliphatic heterocycles. The van der Waals surface area contributed by atoms with Crippen LogP contribution in [0.2, 0.25) is 0 Å². The molecule has 0 unspecified atom stereocenters. The fourth-order valence-electron chi connectivity index (χ4n) is 3.99. The van der Waals surface area contributed by atoms with Crippen LogP contribution in [0.15, 0.2) is 24.3 Å². The third kappa shape index (κ3) is 3.88. The van der Waals surface area contributed by atoms with Crippen molar-refractivity contribution in [1.29, 1.82) is 0 Å². The Labute approximate surface area is 163 Å². The predicted molar refractivity (Wildman–Crippen MR) is 106 cm³/mol. The van der Waals surface area contributed by atoms with Gasteiger partial charge in [-0.25, -0.2) is 0 Å². The Bertz CT molecular complexity index is 844. The Morgan fingerprint density at radius 2 is 1.96 bits per heavy atom. The summed E-state index contributed by atoms with van der Waals surface area (Å²) in [6.07, 6.45) is 5.82. The van der Waals surface area contributed by atoms with Crippen LogP contribution >= 0.6 is 11.3 Å². The van der Waals surface area contributed by atoms with E-state index in [9.17, 15) is 9.59 Å². The number of amides is 2. The van der Waals surface area contributed by atoms with Gasteiger partial charge in [0.2, 0.25) is 16.9 Å². The molecule has 2 heterocycles. The van der Waals surface area contributed by atoms with Crippen LogP contribution in [0.4, 0.5) is 10.8 Å². The molecule has 4 rings (SSSR count). The zero-order valence-electron chi connectivity index (χ0n) is 15.5. The van der Waals surface area contributed by atoms with Crippen LogP contribution < -0.4 is 10.2 Å². The SMILES string of the molecule is Cc1ccccc1N1C[C@H](c2nnc(NC(=O)C3CCCCC3)s2)CC1=O. The quantitative estimate of drug-likeness (QED) is 0.868. The Morgan fingerprint density at radius 1 is 1.19 bits per heavy atom. The maximum absolute atomic E-state index is 12.5. The van der Waals surface area contributed by atoms with Crippen molar-refractivity contribution < 1.29 is 9.59 Å². The minimum absolute atomic E-state index is 0.0231. The molecule has 0 radical (unpaired) electrons. The summed E-state index contributed by atoms with van der Waals surface area (Å²) in [6.45, 7) is 2.62. The van der Waals surface area contributed by atoms with Gasteiger partial charge in [-0.2, -0.15) is 0 Å². The van der Waals surface area contributed by atoms with Gasteiger partial charge >= 0.3 is 0 Å². The largest absolute Gasteiger partial charge is 0.311 e. The summed E-state index contributed by atoms with van der Waals surface area (Å²) < 4.78 is 0. The van der Waals surface area contributed by atoms with Gasteiger partial charge in [0.05, 0.1) is 0 Å². The molecule has 142 valence electrons. The number of aryl methyl sites for hydroxylation is 1. The van der Waals surface area contributed by atoms with E-state index < -0.39 is 0 Å². The Kier molecular flexibility index (Phi) is 5.20.